The maximum Gasteiger partial charge on any atom is 0.0765 e. The first-order valence-corrected chi connectivity index (χ1v) is 5.21. The highest BCUT2D eigenvalue weighted by molar-refractivity contribution is 14.1. The summed E-state index contributed by atoms with van der Waals surface area (Å²) in [5.41, 5.74) is 2.45. The third-order valence-corrected chi connectivity index (χ3v) is 2.89. The molecule has 68 valence electrons. The fraction of sp³-hybridized carbons (Fsp3) is 0.273. The summed E-state index contributed by atoms with van der Waals surface area (Å²) < 4.78 is 1.28. The van der Waals surface area contributed by atoms with Gasteiger partial charge in [-0.1, -0.05) is 12.0 Å². The average molecular weight is 285 g/mol. The molecular weight excluding hydrogens is 273 g/mol. The van der Waals surface area contributed by atoms with Crippen LogP contribution in [0.25, 0.3) is 0 Å². The van der Waals surface area contributed by atoms with Crippen LogP contribution < -0.4 is 5.32 Å². The largest absolute Gasteiger partial charge is 0.374 e. The Morgan fingerprint density at radius 1 is 1.46 bits per heavy atom. The molecule has 2 heteroatoms. The Bertz CT molecular complexity index is 347. The number of hydrogen-bond donors (Lipinski definition) is 1. The molecule has 1 rings (SSSR count). The van der Waals surface area contributed by atoms with Crippen LogP contribution in [0.15, 0.2) is 18.2 Å². The van der Waals surface area contributed by atoms with Crippen molar-refractivity contribution >= 4 is 28.3 Å². The van der Waals surface area contributed by atoms with E-state index in [4.69, 9.17) is 0 Å². The Balaban J connectivity index is 2.66. The molecule has 1 nitrogen and oxygen atoms in total. The van der Waals surface area contributed by atoms with Crippen LogP contribution in [-0.2, 0) is 0 Å². The van der Waals surface area contributed by atoms with E-state index in [9.17, 15) is 0 Å². The zero-order valence-electron chi connectivity index (χ0n) is 7.82. The van der Waals surface area contributed by atoms with E-state index in [1.807, 2.05) is 6.92 Å². The van der Waals surface area contributed by atoms with Crippen LogP contribution in [0, 0.1) is 22.3 Å². The minimum absolute atomic E-state index is 0.718. The molecule has 1 aromatic carbocycles. The molecule has 0 amide bonds. The van der Waals surface area contributed by atoms with Gasteiger partial charge in [0.05, 0.1) is 6.54 Å². The van der Waals surface area contributed by atoms with E-state index in [1.54, 1.807) is 0 Å². The SMILES string of the molecule is CC#CCNc1ccc(C)c(I)c1. The first-order chi connectivity index (χ1) is 6.24. The molecule has 1 N–H and O–H groups in total. The lowest BCUT2D eigenvalue weighted by Gasteiger charge is -2.04. The van der Waals surface area contributed by atoms with Crippen molar-refractivity contribution in [1.29, 1.82) is 0 Å². The molecule has 13 heavy (non-hydrogen) atoms. The number of aryl methyl sites for hydroxylation is 1. The molecule has 0 saturated carbocycles. The predicted molar refractivity (Wildman–Crippen MR) is 65.8 cm³/mol. The van der Waals surface area contributed by atoms with E-state index in [1.165, 1.54) is 9.13 Å². The number of hydrogen-bond acceptors (Lipinski definition) is 1. The molecule has 0 fully saturated rings. The second kappa shape index (κ2) is 5.13. The van der Waals surface area contributed by atoms with Gasteiger partial charge in [-0.25, -0.2) is 0 Å². The van der Waals surface area contributed by atoms with Gasteiger partial charge in [0.15, 0.2) is 0 Å². The minimum atomic E-state index is 0.718. The van der Waals surface area contributed by atoms with Gasteiger partial charge in [-0.05, 0) is 54.1 Å². The maximum atomic E-state index is 3.24. The summed E-state index contributed by atoms with van der Waals surface area (Å²) in [5.74, 6) is 5.82. The first kappa shape index (κ1) is 10.4. The summed E-state index contributed by atoms with van der Waals surface area (Å²) in [6, 6.07) is 6.32. The highest BCUT2D eigenvalue weighted by Crippen LogP contribution is 2.16. The van der Waals surface area contributed by atoms with Gasteiger partial charge >= 0.3 is 0 Å². The molecule has 0 atom stereocenters. The highest BCUT2D eigenvalue weighted by atomic mass is 127. The van der Waals surface area contributed by atoms with E-state index in [0.717, 1.165) is 12.2 Å². The Labute approximate surface area is 93.1 Å². The zero-order chi connectivity index (χ0) is 9.68. The van der Waals surface area contributed by atoms with Gasteiger partial charge in [-0.3, -0.25) is 0 Å². The summed E-state index contributed by atoms with van der Waals surface area (Å²) >= 11 is 2.33. The minimum Gasteiger partial charge on any atom is -0.374 e. The smallest absolute Gasteiger partial charge is 0.0765 e. The molecular formula is C11H12IN. The van der Waals surface area contributed by atoms with Crippen LogP contribution in [-0.4, -0.2) is 6.54 Å². The fourth-order valence-electron chi connectivity index (χ4n) is 0.937. The van der Waals surface area contributed by atoms with Gasteiger partial charge in [-0.2, -0.15) is 0 Å². The Kier molecular flexibility index (Phi) is 4.10. The van der Waals surface area contributed by atoms with E-state index in [-0.39, 0.29) is 0 Å². The second-order valence-electron chi connectivity index (χ2n) is 2.74. The van der Waals surface area contributed by atoms with Crippen LogP contribution >= 0.6 is 22.6 Å². The first-order valence-electron chi connectivity index (χ1n) is 4.13. The Hall–Kier alpha value is -0.690. The Morgan fingerprint density at radius 3 is 2.85 bits per heavy atom. The molecule has 1 aromatic rings. The van der Waals surface area contributed by atoms with Crippen molar-refractivity contribution in [3.8, 4) is 11.8 Å². The Morgan fingerprint density at radius 2 is 2.23 bits per heavy atom. The van der Waals surface area contributed by atoms with E-state index in [2.05, 4.69) is 64.9 Å². The summed E-state index contributed by atoms with van der Waals surface area (Å²) in [5, 5.41) is 3.24. The number of nitrogens with one attached hydrogen (secondary N) is 1. The van der Waals surface area contributed by atoms with Crippen molar-refractivity contribution < 1.29 is 0 Å². The van der Waals surface area contributed by atoms with Crippen LogP contribution in [0.2, 0.25) is 0 Å². The van der Waals surface area contributed by atoms with Crippen LogP contribution in [0.4, 0.5) is 5.69 Å². The molecule has 0 bridgehead atoms. The van der Waals surface area contributed by atoms with E-state index in [0.29, 0.717) is 0 Å². The maximum absolute atomic E-state index is 3.24. The molecule has 0 aliphatic rings. The molecule has 0 aliphatic heterocycles. The van der Waals surface area contributed by atoms with Crippen LogP contribution in [0.1, 0.15) is 12.5 Å². The van der Waals surface area contributed by atoms with Gasteiger partial charge in [0.2, 0.25) is 0 Å². The summed E-state index contributed by atoms with van der Waals surface area (Å²) in [4.78, 5) is 0. The predicted octanol–water partition coefficient (Wildman–Crippen LogP) is 3.03. The molecule has 0 aliphatic carbocycles. The van der Waals surface area contributed by atoms with Crippen molar-refractivity contribution in [1.82, 2.24) is 0 Å². The monoisotopic (exact) mass is 285 g/mol. The van der Waals surface area contributed by atoms with Gasteiger partial charge in [0, 0.05) is 9.26 Å². The summed E-state index contributed by atoms with van der Waals surface area (Å²) in [6.07, 6.45) is 0. The van der Waals surface area contributed by atoms with Crippen molar-refractivity contribution in [3.63, 3.8) is 0 Å². The van der Waals surface area contributed by atoms with Gasteiger partial charge in [0.1, 0.15) is 0 Å². The second-order valence-corrected chi connectivity index (χ2v) is 3.91. The fourth-order valence-corrected chi connectivity index (χ4v) is 1.45. The number of rotatable bonds is 2. The van der Waals surface area contributed by atoms with Crippen LogP contribution in [0.5, 0.6) is 0 Å². The average Bonchev–Trinajstić information content (AvgIpc) is 2.12. The van der Waals surface area contributed by atoms with Crippen LogP contribution in [0.3, 0.4) is 0 Å². The molecule has 0 saturated heterocycles. The third kappa shape index (κ3) is 3.27. The highest BCUT2D eigenvalue weighted by Gasteiger charge is 1.94. The lowest BCUT2D eigenvalue weighted by molar-refractivity contribution is 1.34. The lowest BCUT2D eigenvalue weighted by Crippen LogP contribution is -1.98. The van der Waals surface area contributed by atoms with Gasteiger partial charge < -0.3 is 5.32 Å². The topological polar surface area (TPSA) is 12.0 Å². The van der Waals surface area contributed by atoms with Crippen molar-refractivity contribution in [2.45, 2.75) is 13.8 Å². The number of anilines is 1. The van der Waals surface area contributed by atoms with Gasteiger partial charge in [-0.15, -0.1) is 5.92 Å². The quantitative estimate of drug-likeness (QED) is 0.650. The summed E-state index contributed by atoms with van der Waals surface area (Å²) in [6.45, 7) is 4.67. The third-order valence-electron chi connectivity index (χ3n) is 1.73. The molecule has 0 heterocycles. The van der Waals surface area contributed by atoms with Gasteiger partial charge in [0.25, 0.3) is 0 Å². The lowest BCUT2D eigenvalue weighted by atomic mass is 10.2. The van der Waals surface area contributed by atoms with Crippen molar-refractivity contribution in [2.75, 3.05) is 11.9 Å². The standard InChI is InChI=1S/C11H12IN/c1-3-4-7-13-10-6-5-9(2)11(12)8-10/h5-6,8,13H,7H2,1-2H3. The molecule has 0 aromatic heterocycles. The zero-order valence-corrected chi connectivity index (χ0v) is 9.97. The summed E-state index contributed by atoms with van der Waals surface area (Å²) in [7, 11) is 0. The van der Waals surface area contributed by atoms with E-state index < -0.39 is 0 Å². The number of halogens is 1. The molecule has 0 unspecified atom stereocenters. The van der Waals surface area contributed by atoms with E-state index >= 15 is 0 Å². The van der Waals surface area contributed by atoms with Crippen molar-refractivity contribution in [2.24, 2.45) is 0 Å². The molecule has 0 radical (unpaired) electrons. The number of benzene rings is 1. The van der Waals surface area contributed by atoms with Crippen molar-refractivity contribution in [3.05, 3.63) is 27.3 Å². The normalized spacial score (nSPS) is 8.85. The molecule has 0 spiro atoms.